The van der Waals surface area contributed by atoms with Gasteiger partial charge in [0.1, 0.15) is 17.7 Å². The van der Waals surface area contributed by atoms with Gasteiger partial charge in [-0.3, -0.25) is 23.7 Å². The van der Waals surface area contributed by atoms with E-state index in [-0.39, 0.29) is 30.1 Å². The Hall–Kier alpha value is -3.76. The standard InChI is InChI=1S/C26H30FN5O5/c1-15(33)31-12-2-3-19(31)22(35)30-26-10-8-17(9-11-26)14-32-24(37)21(34)20(29-25(26)32)23(36)28-13-16-4-6-18(27)7-5-16/h4-7,17,19,34H,2-3,8-14H2,1H3,(H,28,36)(H,30,35). The van der Waals surface area contributed by atoms with Crippen LogP contribution in [0.25, 0.3) is 0 Å². The van der Waals surface area contributed by atoms with E-state index in [0.29, 0.717) is 37.9 Å². The average molecular weight is 512 g/mol. The van der Waals surface area contributed by atoms with Crippen LogP contribution in [0.15, 0.2) is 29.1 Å². The highest BCUT2D eigenvalue weighted by Gasteiger charge is 2.47. The quantitative estimate of drug-likeness (QED) is 0.558. The van der Waals surface area contributed by atoms with Crippen molar-refractivity contribution in [2.45, 2.75) is 70.1 Å². The van der Waals surface area contributed by atoms with Crippen LogP contribution in [0, 0.1) is 11.7 Å². The number of benzene rings is 1. The number of rotatable bonds is 5. The Bertz CT molecular complexity index is 1300. The zero-order valence-corrected chi connectivity index (χ0v) is 20.6. The summed E-state index contributed by atoms with van der Waals surface area (Å²) in [5, 5.41) is 16.4. The van der Waals surface area contributed by atoms with E-state index in [4.69, 9.17) is 0 Å². The van der Waals surface area contributed by atoms with E-state index in [1.54, 1.807) is 4.90 Å². The summed E-state index contributed by atoms with van der Waals surface area (Å²) < 4.78 is 14.6. The molecule has 10 nitrogen and oxygen atoms in total. The van der Waals surface area contributed by atoms with Gasteiger partial charge in [-0.2, -0.15) is 0 Å². The first kappa shape index (κ1) is 24.9. The number of carbonyl (C=O) groups excluding carboxylic acids is 3. The third-order valence-electron chi connectivity index (χ3n) is 7.88. The zero-order chi connectivity index (χ0) is 26.3. The molecule has 37 heavy (non-hydrogen) atoms. The predicted molar refractivity (Wildman–Crippen MR) is 130 cm³/mol. The summed E-state index contributed by atoms with van der Waals surface area (Å²) in [5.41, 5.74) is -1.50. The van der Waals surface area contributed by atoms with Gasteiger partial charge in [-0.1, -0.05) is 12.1 Å². The molecule has 0 radical (unpaired) electrons. The number of likely N-dealkylation sites (tertiary alicyclic amines) is 1. The second-order valence-electron chi connectivity index (χ2n) is 10.2. The van der Waals surface area contributed by atoms with Crippen molar-refractivity contribution >= 4 is 17.7 Å². The van der Waals surface area contributed by atoms with Gasteiger partial charge in [0.05, 0.1) is 5.54 Å². The minimum absolute atomic E-state index is 0.0468. The van der Waals surface area contributed by atoms with Crippen LogP contribution in [-0.2, 0) is 28.2 Å². The van der Waals surface area contributed by atoms with E-state index in [1.807, 2.05) is 0 Å². The maximum atomic E-state index is 13.4. The first-order chi connectivity index (χ1) is 17.7. The Morgan fingerprint density at radius 3 is 2.54 bits per heavy atom. The van der Waals surface area contributed by atoms with Gasteiger partial charge in [0.15, 0.2) is 5.69 Å². The average Bonchev–Trinajstić information content (AvgIpc) is 3.27. The number of aromatic nitrogens is 2. The molecule has 6 rings (SSSR count). The molecule has 1 aromatic heterocycles. The molecule has 2 fully saturated rings. The van der Waals surface area contributed by atoms with Crippen molar-refractivity contribution in [2.75, 3.05) is 6.54 Å². The van der Waals surface area contributed by atoms with Crippen LogP contribution in [0.5, 0.6) is 5.75 Å². The van der Waals surface area contributed by atoms with Gasteiger partial charge >= 0.3 is 0 Å². The molecule has 11 heteroatoms. The summed E-state index contributed by atoms with van der Waals surface area (Å²) in [4.78, 5) is 57.7. The van der Waals surface area contributed by atoms with Gasteiger partial charge in [-0.05, 0) is 62.1 Å². The molecule has 1 aliphatic carbocycles. The van der Waals surface area contributed by atoms with Crippen LogP contribution in [0.3, 0.4) is 0 Å². The number of amides is 3. The molecule has 4 aliphatic rings. The van der Waals surface area contributed by atoms with E-state index in [0.717, 1.165) is 19.3 Å². The van der Waals surface area contributed by atoms with Crippen LogP contribution >= 0.6 is 0 Å². The molecule has 3 aliphatic heterocycles. The van der Waals surface area contributed by atoms with Crippen molar-refractivity contribution in [3.8, 4) is 5.75 Å². The topological polar surface area (TPSA) is 134 Å². The summed E-state index contributed by atoms with van der Waals surface area (Å²) in [7, 11) is 0. The molecule has 196 valence electrons. The van der Waals surface area contributed by atoms with Crippen LogP contribution < -0.4 is 16.2 Å². The van der Waals surface area contributed by atoms with E-state index in [2.05, 4.69) is 15.6 Å². The lowest BCUT2D eigenvalue weighted by Gasteiger charge is -2.38. The second kappa shape index (κ2) is 9.60. The Morgan fingerprint density at radius 2 is 1.86 bits per heavy atom. The van der Waals surface area contributed by atoms with Gasteiger partial charge in [-0.15, -0.1) is 0 Å². The SMILES string of the molecule is CC(=O)N1CCCC1C(=O)NC12CCC(CC1)Cn1c2nc(C(=O)NCc2ccc(F)cc2)c(O)c1=O. The van der Waals surface area contributed by atoms with E-state index < -0.39 is 40.3 Å². The summed E-state index contributed by atoms with van der Waals surface area (Å²) in [6.07, 6.45) is 3.84. The Labute approximate surface area is 212 Å². The molecule has 4 heterocycles. The van der Waals surface area contributed by atoms with Gasteiger partial charge < -0.3 is 20.6 Å². The molecule has 1 saturated carbocycles. The van der Waals surface area contributed by atoms with Crippen molar-refractivity contribution < 1.29 is 23.9 Å². The van der Waals surface area contributed by atoms with Gasteiger partial charge in [0, 0.05) is 26.6 Å². The zero-order valence-electron chi connectivity index (χ0n) is 20.6. The van der Waals surface area contributed by atoms with Crippen molar-refractivity contribution in [1.29, 1.82) is 0 Å². The lowest BCUT2D eigenvalue weighted by Crippen LogP contribution is -2.55. The van der Waals surface area contributed by atoms with Crippen molar-refractivity contribution in [1.82, 2.24) is 25.1 Å². The number of hydrogen-bond donors (Lipinski definition) is 3. The van der Waals surface area contributed by atoms with E-state index >= 15 is 0 Å². The van der Waals surface area contributed by atoms with Gasteiger partial charge in [0.25, 0.3) is 11.5 Å². The molecular formula is C26H30FN5O5. The highest BCUT2D eigenvalue weighted by molar-refractivity contribution is 5.94. The largest absolute Gasteiger partial charge is 0.501 e. The number of halogens is 1. The van der Waals surface area contributed by atoms with Crippen LogP contribution in [0.1, 0.15) is 67.3 Å². The number of hydrogen-bond acceptors (Lipinski definition) is 6. The first-order valence-corrected chi connectivity index (χ1v) is 12.6. The van der Waals surface area contributed by atoms with Crippen LogP contribution in [-0.4, -0.2) is 49.9 Å². The van der Waals surface area contributed by atoms with Crippen molar-refractivity contribution in [3.63, 3.8) is 0 Å². The summed E-state index contributed by atoms with van der Waals surface area (Å²) in [6, 6.07) is 4.99. The molecule has 3 amide bonds. The first-order valence-electron chi connectivity index (χ1n) is 12.6. The summed E-state index contributed by atoms with van der Waals surface area (Å²) in [5.74, 6) is -1.93. The lowest BCUT2D eigenvalue weighted by molar-refractivity contribution is -0.138. The summed E-state index contributed by atoms with van der Waals surface area (Å²) in [6.45, 7) is 2.35. The highest BCUT2D eigenvalue weighted by atomic mass is 19.1. The molecule has 0 spiro atoms. The minimum atomic E-state index is -0.992. The molecule has 1 atom stereocenters. The normalized spacial score (nSPS) is 24.3. The Kier molecular flexibility index (Phi) is 6.47. The molecule has 1 unspecified atom stereocenters. The number of nitrogens with zero attached hydrogens (tertiary/aromatic N) is 3. The number of aromatic hydroxyl groups is 1. The molecular weight excluding hydrogens is 481 g/mol. The fourth-order valence-electron chi connectivity index (χ4n) is 5.86. The molecule has 1 aromatic carbocycles. The van der Waals surface area contributed by atoms with Gasteiger partial charge in [-0.25, -0.2) is 9.37 Å². The highest BCUT2D eigenvalue weighted by Crippen LogP contribution is 2.43. The maximum absolute atomic E-state index is 13.4. The van der Waals surface area contributed by atoms with Gasteiger partial charge in [0.2, 0.25) is 17.6 Å². The number of nitrogens with one attached hydrogen (secondary N) is 2. The minimum Gasteiger partial charge on any atom is -0.501 e. The third-order valence-corrected chi connectivity index (χ3v) is 7.88. The van der Waals surface area contributed by atoms with Crippen LogP contribution in [0.2, 0.25) is 0 Å². The van der Waals surface area contributed by atoms with E-state index in [9.17, 15) is 28.7 Å². The van der Waals surface area contributed by atoms with E-state index in [1.165, 1.54) is 35.8 Å². The number of fused-ring (bicyclic) bond motifs is 2. The molecule has 1 saturated heterocycles. The second-order valence-corrected chi connectivity index (χ2v) is 10.2. The molecule has 2 bridgehead atoms. The monoisotopic (exact) mass is 511 g/mol. The third kappa shape index (κ3) is 4.58. The fourth-order valence-corrected chi connectivity index (χ4v) is 5.86. The summed E-state index contributed by atoms with van der Waals surface area (Å²) >= 11 is 0. The van der Waals surface area contributed by atoms with Crippen molar-refractivity contribution in [2.24, 2.45) is 5.92 Å². The Morgan fingerprint density at radius 1 is 1.16 bits per heavy atom. The predicted octanol–water partition coefficient (Wildman–Crippen LogP) is 1.54. The molecule has 2 aromatic rings. The number of carbonyl (C=O) groups is 3. The fraction of sp³-hybridized carbons (Fsp3) is 0.500. The lowest BCUT2D eigenvalue weighted by atomic mass is 9.77. The smallest absolute Gasteiger partial charge is 0.296 e. The van der Waals surface area contributed by atoms with Crippen LogP contribution in [0.4, 0.5) is 4.39 Å². The van der Waals surface area contributed by atoms with Crippen molar-refractivity contribution in [3.05, 3.63) is 57.5 Å². The maximum Gasteiger partial charge on any atom is 0.296 e. The Balaban J connectivity index is 1.47. The molecule has 3 N–H and O–H groups in total.